The Morgan fingerprint density at radius 1 is 1.06 bits per heavy atom. The molecule has 0 aliphatic carbocycles. The van der Waals surface area contributed by atoms with E-state index in [2.05, 4.69) is 0 Å². The molecule has 0 saturated heterocycles. The van der Waals surface area contributed by atoms with Crippen LogP contribution in [0.15, 0.2) is 36.4 Å². The molecule has 0 aliphatic heterocycles. The van der Waals surface area contributed by atoms with Crippen LogP contribution in [0.3, 0.4) is 0 Å². The molecular formula is C26H34F3NO4. The third-order valence-electron chi connectivity index (χ3n) is 5.54. The fourth-order valence-corrected chi connectivity index (χ4v) is 3.76. The summed E-state index contributed by atoms with van der Waals surface area (Å²) in [6.07, 6.45) is -5.34. The van der Waals surface area contributed by atoms with Crippen molar-refractivity contribution in [1.82, 2.24) is 4.90 Å². The lowest BCUT2D eigenvalue weighted by Crippen LogP contribution is -2.43. The zero-order valence-corrected chi connectivity index (χ0v) is 20.6. The smallest absolute Gasteiger partial charge is 0.416 e. The third kappa shape index (κ3) is 6.96. The first-order valence-electron chi connectivity index (χ1n) is 11.3. The van der Waals surface area contributed by atoms with Gasteiger partial charge in [-0.2, -0.15) is 13.2 Å². The molecule has 2 aromatic rings. The number of carbonyl (C=O) groups is 1. The summed E-state index contributed by atoms with van der Waals surface area (Å²) in [5.74, 6) is 0.0738. The number of halogens is 3. The van der Waals surface area contributed by atoms with Crippen LogP contribution in [-0.2, 0) is 28.7 Å². The first-order chi connectivity index (χ1) is 15.8. The standard InChI is InChI=1S/C26H34F3NO4/c1-7-30(24(32)25(3,4)5)16-18-15-19(26(27,28)29)10-11-20(18)21-13-17(9-12-22(21)33-6)14-23(31)34-8-2/h9-13,15,24,32H,7-8,14,16H2,1-6H3. The molecule has 1 atom stereocenters. The lowest BCUT2D eigenvalue weighted by Gasteiger charge is -2.36. The average molecular weight is 482 g/mol. The minimum Gasteiger partial charge on any atom is -0.496 e. The first kappa shape index (κ1) is 27.7. The van der Waals surface area contributed by atoms with Gasteiger partial charge in [0.1, 0.15) is 12.0 Å². The molecule has 1 N–H and O–H groups in total. The molecule has 2 rings (SSSR count). The summed E-state index contributed by atoms with van der Waals surface area (Å²) in [5.41, 5.74) is 0.891. The van der Waals surface area contributed by atoms with E-state index in [-0.39, 0.29) is 19.6 Å². The Balaban J connectivity index is 2.63. The van der Waals surface area contributed by atoms with Gasteiger partial charge >= 0.3 is 12.1 Å². The lowest BCUT2D eigenvalue weighted by molar-refractivity contribution is -0.142. The molecular weight excluding hydrogens is 447 g/mol. The fraction of sp³-hybridized carbons (Fsp3) is 0.500. The number of aliphatic hydroxyl groups is 1. The van der Waals surface area contributed by atoms with E-state index in [1.54, 1.807) is 30.0 Å². The molecule has 34 heavy (non-hydrogen) atoms. The van der Waals surface area contributed by atoms with E-state index in [1.807, 2.05) is 27.7 Å². The summed E-state index contributed by atoms with van der Waals surface area (Å²) in [6.45, 7) is 9.97. The van der Waals surface area contributed by atoms with Crippen molar-refractivity contribution in [3.63, 3.8) is 0 Å². The molecule has 0 aromatic heterocycles. The van der Waals surface area contributed by atoms with Gasteiger partial charge in [0.15, 0.2) is 0 Å². The van der Waals surface area contributed by atoms with E-state index in [0.717, 1.165) is 12.1 Å². The second kappa shape index (κ2) is 11.2. The largest absolute Gasteiger partial charge is 0.496 e. The van der Waals surface area contributed by atoms with E-state index in [9.17, 15) is 23.1 Å². The second-order valence-electron chi connectivity index (χ2n) is 9.19. The highest BCUT2D eigenvalue weighted by Crippen LogP contribution is 2.38. The molecule has 0 amide bonds. The van der Waals surface area contributed by atoms with Crippen molar-refractivity contribution in [2.75, 3.05) is 20.3 Å². The predicted octanol–water partition coefficient (Wildman–Crippen LogP) is 5.67. The summed E-state index contributed by atoms with van der Waals surface area (Å²) < 4.78 is 51.2. The maximum absolute atomic E-state index is 13.6. The molecule has 0 saturated carbocycles. The molecule has 8 heteroatoms. The van der Waals surface area contributed by atoms with Crippen molar-refractivity contribution < 1.29 is 32.5 Å². The van der Waals surface area contributed by atoms with Crippen molar-refractivity contribution in [2.45, 2.75) is 60.0 Å². The lowest BCUT2D eigenvalue weighted by atomic mass is 9.91. The zero-order valence-electron chi connectivity index (χ0n) is 20.6. The quantitative estimate of drug-likeness (QED) is 0.369. The second-order valence-corrected chi connectivity index (χ2v) is 9.19. The van der Waals surface area contributed by atoms with E-state index < -0.39 is 29.4 Å². The van der Waals surface area contributed by atoms with Gasteiger partial charge in [-0.3, -0.25) is 9.69 Å². The van der Waals surface area contributed by atoms with Gasteiger partial charge in [-0.1, -0.05) is 39.8 Å². The number of rotatable bonds is 9. The number of alkyl halides is 3. The number of hydrogen-bond acceptors (Lipinski definition) is 5. The van der Waals surface area contributed by atoms with Crippen LogP contribution in [0.4, 0.5) is 13.2 Å². The number of nitrogens with zero attached hydrogens (tertiary/aromatic N) is 1. The summed E-state index contributed by atoms with van der Waals surface area (Å²) in [5, 5.41) is 10.8. The zero-order chi connectivity index (χ0) is 25.7. The van der Waals surface area contributed by atoms with Crippen LogP contribution < -0.4 is 4.74 Å². The van der Waals surface area contributed by atoms with Gasteiger partial charge in [0.05, 0.1) is 25.7 Å². The summed E-state index contributed by atoms with van der Waals surface area (Å²) in [4.78, 5) is 13.7. The highest BCUT2D eigenvalue weighted by Gasteiger charge is 2.33. The van der Waals surface area contributed by atoms with E-state index >= 15 is 0 Å². The van der Waals surface area contributed by atoms with Gasteiger partial charge in [0.25, 0.3) is 0 Å². The number of esters is 1. The minimum absolute atomic E-state index is 0.0324. The summed E-state index contributed by atoms with van der Waals surface area (Å²) in [7, 11) is 1.48. The molecule has 0 fully saturated rings. The Morgan fingerprint density at radius 2 is 1.74 bits per heavy atom. The van der Waals surface area contributed by atoms with Crippen molar-refractivity contribution in [2.24, 2.45) is 5.41 Å². The van der Waals surface area contributed by atoms with Gasteiger partial charge < -0.3 is 14.6 Å². The Kier molecular flexibility index (Phi) is 9.14. The first-order valence-corrected chi connectivity index (χ1v) is 11.3. The Labute approximate surface area is 199 Å². The number of methoxy groups -OCH3 is 1. The third-order valence-corrected chi connectivity index (χ3v) is 5.54. The van der Waals surface area contributed by atoms with E-state index in [1.165, 1.54) is 13.2 Å². The van der Waals surface area contributed by atoms with Crippen molar-refractivity contribution in [3.8, 4) is 16.9 Å². The number of aliphatic hydroxyl groups excluding tert-OH is 1. The predicted molar refractivity (Wildman–Crippen MR) is 125 cm³/mol. The summed E-state index contributed by atoms with van der Waals surface area (Å²) in [6, 6.07) is 8.72. The molecule has 0 aliphatic rings. The topological polar surface area (TPSA) is 59.0 Å². The van der Waals surface area contributed by atoms with Crippen molar-refractivity contribution in [1.29, 1.82) is 0 Å². The van der Waals surface area contributed by atoms with Crippen LogP contribution in [0, 0.1) is 5.41 Å². The maximum Gasteiger partial charge on any atom is 0.416 e. The normalized spacial score (nSPS) is 13.1. The molecule has 5 nitrogen and oxygen atoms in total. The molecule has 1 unspecified atom stereocenters. The SMILES string of the molecule is CCOC(=O)Cc1ccc(OC)c(-c2ccc(C(F)(F)F)cc2CN(CC)C(O)C(C)(C)C)c1. The molecule has 188 valence electrons. The van der Waals surface area contributed by atoms with Gasteiger partial charge in [0, 0.05) is 17.5 Å². The number of benzene rings is 2. The van der Waals surface area contributed by atoms with Crippen LogP contribution in [0.5, 0.6) is 5.75 Å². The van der Waals surface area contributed by atoms with Crippen molar-refractivity contribution >= 4 is 5.97 Å². The summed E-state index contributed by atoms with van der Waals surface area (Å²) >= 11 is 0. The van der Waals surface area contributed by atoms with Gasteiger partial charge in [-0.15, -0.1) is 0 Å². The Bertz CT molecular complexity index is 983. The maximum atomic E-state index is 13.6. The number of hydrogen-bond donors (Lipinski definition) is 1. The fourth-order valence-electron chi connectivity index (χ4n) is 3.76. The van der Waals surface area contributed by atoms with Crippen LogP contribution in [0.25, 0.3) is 11.1 Å². The minimum atomic E-state index is -4.51. The highest BCUT2D eigenvalue weighted by atomic mass is 19.4. The average Bonchev–Trinajstić information content (AvgIpc) is 2.75. The number of carbonyl (C=O) groups excluding carboxylic acids is 1. The Morgan fingerprint density at radius 3 is 2.26 bits per heavy atom. The van der Waals surface area contributed by atoms with Crippen molar-refractivity contribution in [3.05, 3.63) is 53.1 Å². The number of ether oxygens (including phenoxy) is 2. The van der Waals surface area contributed by atoms with Gasteiger partial charge in [0.2, 0.25) is 0 Å². The Hall–Kier alpha value is -2.58. The molecule has 0 radical (unpaired) electrons. The van der Waals surface area contributed by atoms with Crippen LogP contribution >= 0.6 is 0 Å². The van der Waals surface area contributed by atoms with E-state index in [0.29, 0.717) is 34.5 Å². The van der Waals surface area contributed by atoms with Crippen LogP contribution in [-0.4, -0.2) is 42.5 Å². The van der Waals surface area contributed by atoms with Crippen LogP contribution in [0.2, 0.25) is 0 Å². The van der Waals surface area contributed by atoms with E-state index in [4.69, 9.17) is 9.47 Å². The molecule has 0 heterocycles. The molecule has 0 spiro atoms. The molecule has 0 bridgehead atoms. The van der Waals surface area contributed by atoms with Crippen LogP contribution in [0.1, 0.15) is 51.3 Å². The monoisotopic (exact) mass is 481 g/mol. The molecule has 2 aromatic carbocycles. The van der Waals surface area contributed by atoms with Gasteiger partial charge in [-0.25, -0.2) is 0 Å². The highest BCUT2D eigenvalue weighted by molar-refractivity contribution is 5.77. The van der Waals surface area contributed by atoms with Gasteiger partial charge in [-0.05, 0) is 54.4 Å².